The molecule has 14 heavy (non-hydrogen) atoms. The van der Waals surface area contributed by atoms with Gasteiger partial charge in [0.15, 0.2) is 0 Å². The van der Waals surface area contributed by atoms with Crippen LogP contribution in [0.25, 0.3) is 0 Å². The molecule has 0 heterocycles. The van der Waals surface area contributed by atoms with Crippen LogP contribution in [-0.4, -0.2) is 51.2 Å². The Kier molecular flexibility index (Phi) is 6.49. The van der Waals surface area contributed by atoms with E-state index in [2.05, 4.69) is 21.9 Å². The van der Waals surface area contributed by atoms with Crippen LogP contribution in [0.2, 0.25) is 0 Å². The lowest BCUT2D eigenvalue weighted by Gasteiger charge is -2.19. The van der Waals surface area contributed by atoms with Gasteiger partial charge in [0.2, 0.25) is 0 Å². The summed E-state index contributed by atoms with van der Waals surface area (Å²) in [4.78, 5) is 13.2. The van der Waals surface area contributed by atoms with Gasteiger partial charge in [0.25, 0.3) is 0 Å². The maximum Gasteiger partial charge on any atom is 0.309 e. The van der Waals surface area contributed by atoms with Gasteiger partial charge in [-0.05, 0) is 21.0 Å². The summed E-state index contributed by atoms with van der Waals surface area (Å²) >= 11 is 0. The first kappa shape index (κ1) is 13.4. The van der Waals surface area contributed by atoms with Gasteiger partial charge in [-0.3, -0.25) is 4.79 Å². The van der Waals surface area contributed by atoms with E-state index in [-0.39, 0.29) is 11.9 Å². The second kappa shape index (κ2) is 6.79. The number of hydrogen-bond donors (Lipinski definition) is 1. The topological polar surface area (TPSA) is 41.6 Å². The van der Waals surface area contributed by atoms with Gasteiger partial charge in [0.05, 0.1) is 13.0 Å². The maximum absolute atomic E-state index is 11.1. The van der Waals surface area contributed by atoms with Crippen LogP contribution < -0.4 is 5.32 Å². The van der Waals surface area contributed by atoms with Gasteiger partial charge in [-0.2, -0.15) is 0 Å². The van der Waals surface area contributed by atoms with Crippen molar-refractivity contribution in [3.8, 4) is 0 Å². The fraction of sp³-hybridized carbons (Fsp3) is 0.900. The molecule has 0 rings (SSSR count). The zero-order valence-electron chi connectivity index (χ0n) is 9.83. The average Bonchev–Trinajstić information content (AvgIpc) is 2.11. The van der Waals surface area contributed by atoms with E-state index in [9.17, 15) is 4.79 Å². The number of carbonyl (C=O) groups is 1. The summed E-state index contributed by atoms with van der Waals surface area (Å²) in [5, 5.41) is 3.29. The van der Waals surface area contributed by atoms with Gasteiger partial charge >= 0.3 is 5.97 Å². The molecular formula is C10H22N2O2. The van der Waals surface area contributed by atoms with Crippen LogP contribution in [0, 0.1) is 5.92 Å². The molecule has 0 bridgehead atoms. The molecule has 1 N–H and O–H groups in total. The predicted molar refractivity (Wildman–Crippen MR) is 57.2 cm³/mol. The van der Waals surface area contributed by atoms with Gasteiger partial charge in [-0.1, -0.05) is 6.92 Å². The molecule has 0 radical (unpaired) electrons. The minimum atomic E-state index is -0.158. The highest BCUT2D eigenvalue weighted by Gasteiger charge is 2.13. The fourth-order valence-electron chi connectivity index (χ4n) is 1.27. The molecule has 0 saturated carbocycles. The number of carbonyl (C=O) groups excluding carboxylic acids is 1. The summed E-state index contributed by atoms with van der Waals surface area (Å²) in [6.07, 6.45) is 0. The Labute approximate surface area is 86.6 Å². The molecular weight excluding hydrogens is 180 g/mol. The normalized spacial score (nSPS) is 15.3. The van der Waals surface area contributed by atoms with E-state index in [4.69, 9.17) is 0 Å². The SMILES string of the molecule is COC(=O)C(C)CNC(C)CN(C)C. The van der Waals surface area contributed by atoms with Crippen LogP contribution >= 0.6 is 0 Å². The van der Waals surface area contributed by atoms with E-state index >= 15 is 0 Å². The molecule has 0 aliphatic heterocycles. The Morgan fingerprint density at radius 2 is 2.00 bits per heavy atom. The van der Waals surface area contributed by atoms with E-state index < -0.39 is 0 Å². The van der Waals surface area contributed by atoms with Gasteiger partial charge in [-0.25, -0.2) is 0 Å². The minimum Gasteiger partial charge on any atom is -0.469 e. The summed E-state index contributed by atoms with van der Waals surface area (Å²) in [5.41, 5.74) is 0. The van der Waals surface area contributed by atoms with Crippen molar-refractivity contribution >= 4 is 5.97 Å². The van der Waals surface area contributed by atoms with Crippen molar-refractivity contribution in [2.75, 3.05) is 34.3 Å². The van der Waals surface area contributed by atoms with Gasteiger partial charge in [0, 0.05) is 19.1 Å². The van der Waals surface area contributed by atoms with Crippen LogP contribution in [0.4, 0.5) is 0 Å². The van der Waals surface area contributed by atoms with Crippen molar-refractivity contribution in [3.05, 3.63) is 0 Å². The first-order valence-corrected chi connectivity index (χ1v) is 4.93. The van der Waals surface area contributed by atoms with Crippen molar-refractivity contribution in [2.45, 2.75) is 19.9 Å². The van der Waals surface area contributed by atoms with Gasteiger partial charge < -0.3 is 15.0 Å². The van der Waals surface area contributed by atoms with E-state index in [0.29, 0.717) is 12.6 Å². The zero-order chi connectivity index (χ0) is 11.1. The van der Waals surface area contributed by atoms with E-state index in [1.807, 2.05) is 21.0 Å². The summed E-state index contributed by atoms with van der Waals surface area (Å²) in [6.45, 7) is 5.60. The number of ether oxygens (including phenoxy) is 1. The number of likely N-dealkylation sites (N-methyl/N-ethyl adjacent to an activating group) is 1. The number of esters is 1. The molecule has 0 aromatic carbocycles. The third-order valence-corrected chi connectivity index (χ3v) is 2.02. The summed E-state index contributed by atoms with van der Waals surface area (Å²) in [5.74, 6) is -0.237. The van der Waals surface area contributed by atoms with Crippen molar-refractivity contribution in [1.82, 2.24) is 10.2 Å². The molecule has 0 aromatic heterocycles. The molecule has 0 aliphatic carbocycles. The molecule has 4 heteroatoms. The first-order chi connectivity index (χ1) is 6.47. The van der Waals surface area contributed by atoms with E-state index in [1.165, 1.54) is 7.11 Å². The van der Waals surface area contributed by atoms with E-state index in [1.54, 1.807) is 0 Å². The van der Waals surface area contributed by atoms with Crippen LogP contribution in [0.5, 0.6) is 0 Å². The molecule has 0 saturated heterocycles. The number of hydrogen-bond acceptors (Lipinski definition) is 4. The quantitative estimate of drug-likeness (QED) is 0.630. The second-order valence-corrected chi connectivity index (χ2v) is 4.00. The van der Waals surface area contributed by atoms with Crippen molar-refractivity contribution in [1.29, 1.82) is 0 Å². The van der Waals surface area contributed by atoms with Crippen molar-refractivity contribution < 1.29 is 9.53 Å². The standard InChI is InChI=1S/C10H22N2O2/c1-8(10(13)14-5)6-11-9(2)7-12(3)4/h8-9,11H,6-7H2,1-5H3. The molecule has 2 atom stereocenters. The van der Waals surface area contributed by atoms with Crippen molar-refractivity contribution in [3.63, 3.8) is 0 Å². The number of nitrogens with one attached hydrogen (secondary N) is 1. The third-order valence-electron chi connectivity index (χ3n) is 2.02. The first-order valence-electron chi connectivity index (χ1n) is 4.93. The number of nitrogens with zero attached hydrogens (tertiary/aromatic N) is 1. The van der Waals surface area contributed by atoms with Gasteiger partial charge in [0.1, 0.15) is 0 Å². The maximum atomic E-state index is 11.1. The molecule has 84 valence electrons. The van der Waals surface area contributed by atoms with Gasteiger partial charge in [-0.15, -0.1) is 0 Å². The largest absolute Gasteiger partial charge is 0.469 e. The summed E-state index contributed by atoms with van der Waals surface area (Å²) < 4.78 is 4.64. The third kappa shape index (κ3) is 5.94. The lowest BCUT2D eigenvalue weighted by atomic mass is 10.1. The highest BCUT2D eigenvalue weighted by atomic mass is 16.5. The smallest absolute Gasteiger partial charge is 0.309 e. The predicted octanol–water partition coefficient (Wildman–Crippen LogP) is 0.335. The lowest BCUT2D eigenvalue weighted by Crippen LogP contribution is -2.39. The zero-order valence-corrected chi connectivity index (χ0v) is 9.83. The molecule has 0 aliphatic rings. The summed E-state index contributed by atoms with van der Waals surface area (Å²) in [7, 11) is 5.48. The molecule has 0 aromatic rings. The van der Waals surface area contributed by atoms with Crippen molar-refractivity contribution in [2.24, 2.45) is 5.92 Å². The monoisotopic (exact) mass is 202 g/mol. The molecule has 0 amide bonds. The Morgan fingerprint density at radius 1 is 1.43 bits per heavy atom. The van der Waals surface area contributed by atoms with Crippen LogP contribution in [0.3, 0.4) is 0 Å². The number of methoxy groups -OCH3 is 1. The number of rotatable bonds is 6. The average molecular weight is 202 g/mol. The Hall–Kier alpha value is -0.610. The lowest BCUT2D eigenvalue weighted by molar-refractivity contribution is -0.144. The van der Waals surface area contributed by atoms with Crippen LogP contribution in [0.1, 0.15) is 13.8 Å². The minimum absolute atomic E-state index is 0.0791. The highest BCUT2D eigenvalue weighted by Crippen LogP contribution is 1.96. The van der Waals surface area contributed by atoms with Crippen LogP contribution in [0.15, 0.2) is 0 Å². The molecule has 0 spiro atoms. The summed E-state index contributed by atoms with van der Waals surface area (Å²) in [6, 6.07) is 0.386. The fourth-order valence-corrected chi connectivity index (χ4v) is 1.27. The Morgan fingerprint density at radius 3 is 2.43 bits per heavy atom. The van der Waals surface area contributed by atoms with E-state index in [0.717, 1.165) is 6.54 Å². The molecule has 4 nitrogen and oxygen atoms in total. The van der Waals surface area contributed by atoms with Crippen LogP contribution in [-0.2, 0) is 9.53 Å². The molecule has 2 unspecified atom stereocenters. The molecule has 0 fully saturated rings. The highest BCUT2D eigenvalue weighted by molar-refractivity contribution is 5.72. The Bertz CT molecular complexity index is 172. The Balaban J connectivity index is 3.65. The second-order valence-electron chi connectivity index (χ2n) is 4.00.